The van der Waals surface area contributed by atoms with E-state index in [-0.39, 0.29) is 11.4 Å². The highest BCUT2D eigenvalue weighted by Gasteiger charge is 2.31. The Labute approximate surface area is 107 Å². The quantitative estimate of drug-likeness (QED) is 0.807. The molecular weight excluding hydrogens is 230 g/mol. The van der Waals surface area contributed by atoms with Gasteiger partial charge in [-0.15, -0.1) is 0 Å². The average Bonchev–Trinajstić information content (AvgIpc) is 3.15. The molecule has 1 heterocycles. The number of nitrogens with zero attached hydrogens (tertiary/aromatic N) is 2. The first kappa shape index (κ1) is 12.7. The van der Waals surface area contributed by atoms with Crippen molar-refractivity contribution < 1.29 is 9.90 Å². The molecule has 0 aliphatic heterocycles. The second-order valence-electron chi connectivity index (χ2n) is 4.71. The fourth-order valence-corrected chi connectivity index (χ4v) is 2.08. The van der Waals surface area contributed by atoms with E-state index in [1.165, 1.54) is 6.07 Å². The predicted molar refractivity (Wildman–Crippen MR) is 70.9 cm³/mol. The second-order valence-corrected chi connectivity index (χ2v) is 4.71. The summed E-state index contributed by atoms with van der Waals surface area (Å²) in [7, 11) is 0. The van der Waals surface area contributed by atoms with Crippen LogP contribution in [0, 0.1) is 0 Å². The molecule has 1 aromatic rings. The Morgan fingerprint density at radius 3 is 2.89 bits per heavy atom. The average molecular weight is 249 g/mol. The fraction of sp³-hybridized carbons (Fsp3) is 0.538. The Kier molecular flexibility index (Phi) is 3.69. The molecular formula is C13H19N3O2. The number of rotatable bonds is 6. The summed E-state index contributed by atoms with van der Waals surface area (Å²) in [6, 6.07) is 1.92. The molecule has 0 saturated heterocycles. The van der Waals surface area contributed by atoms with Gasteiger partial charge in [-0.05, 0) is 25.3 Å². The molecule has 0 atom stereocenters. The number of anilines is 2. The van der Waals surface area contributed by atoms with E-state index in [2.05, 4.69) is 16.8 Å². The molecule has 2 rings (SSSR count). The Hall–Kier alpha value is -1.78. The maximum atomic E-state index is 11.3. The first-order valence-corrected chi connectivity index (χ1v) is 6.39. The molecule has 0 bridgehead atoms. The molecule has 0 amide bonds. The molecule has 1 aliphatic carbocycles. The molecule has 98 valence electrons. The van der Waals surface area contributed by atoms with Gasteiger partial charge in [0.2, 0.25) is 0 Å². The summed E-state index contributed by atoms with van der Waals surface area (Å²) < 4.78 is 0. The standard InChI is InChI=1S/C13H19N3O2/c1-2-3-6-16(9-4-5-9)11-8-15-12(14)7-10(11)13(17)18/h7-9H,2-6H2,1H3,(H2,14,15)(H,17,18). The molecule has 1 aliphatic rings. The van der Waals surface area contributed by atoms with Crippen LogP contribution in [0.3, 0.4) is 0 Å². The van der Waals surface area contributed by atoms with E-state index in [1.807, 2.05) is 0 Å². The van der Waals surface area contributed by atoms with Crippen molar-refractivity contribution in [2.45, 2.75) is 38.6 Å². The number of carboxylic acid groups (broad SMARTS) is 1. The van der Waals surface area contributed by atoms with Crippen LogP contribution in [0.15, 0.2) is 12.3 Å². The third kappa shape index (κ3) is 2.72. The van der Waals surface area contributed by atoms with E-state index in [1.54, 1.807) is 6.20 Å². The number of nitrogens with two attached hydrogens (primary N) is 1. The van der Waals surface area contributed by atoms with E-state index >= 15 is 0 Å². The summed E-state index contributed by atoms with van der Waals surface area (Å²) in [5.74, 6) is -0.691. The number of aromatic carboxylic acids is 1. The summed E-state index contributed by atoms with van der Waals surface area (Å²) in [6.45, 7) is 3.01. The first-order chi connectivity index (χ1) is 8.63. The Bertz CT molecular complexity index is 444. The van der Waals surface area contributed by atoms with Crippen LogP contribution in [0.1, 0.15) is 43.0 Å². The van der Waals surface area contributed by atoms with E-state index in [9.17, 15) is 9.90 Å². The molecule has 1 saturated carbocycles. The van der Waals surface area contributed by atoms with Gasteiger partial charge in [-0.2, -0.15) is 0 Å². The van der Waals surface area contributed by atoms with Crippen LogP contribution in [0.2, 0.25) is 0 Å². The minimum atomic E-state index is -0.943. The Morgan fingerprint density at radius 1 is 1.61 bits per heavy atom. The number of pyridine rings is 1. The normalized spacial score (nSPS) is 14.5. The van der Waals surface area contributed by atoms with Crippen molar-refractivity contribution in [3.05, 3.63) is 17.8 Å². The lowest BCUT2D eigenvalue weighted by molar-refractivity contribution is 0.0697. The van der Waals surface area contributed by atoms with Crippen molar-refractivity contribution in [3.8, 4) is 0 Å². The minimum absolute atomic E-state index is 0.252. The summed E-state index contributed by atoms with van der Waals surface area (Å²) >= 11 is 0. The van der Waals surface area contributed by atoms with Gasteiger partial charge in [0.25, 0.3) is 0 Å². The molecule has 3 N–H and O–H groups in total. The highest BCUT2D eigenvalue weighted by atomic mass is 16.4. The largest absolute Gasteiger partial charge is 0.478 e. The van der Waals surface area contributed by atoms with Crippen LogP contribution in [0.4, 0.5) is 11.5 Å². The Morgan fingerprint density at radius 2 is 2.33 bits per heavy atom. The molecule has 0 unspecified atom stereocenters. The van der Waals surface area contributed by atoms with Crippen molar-refractivity contribution >= 4 is 17.5 Å². The third-order valence-electron chi connectivity index (χ3n) is 3.18. The van der Waals surface area contributed by atoms with E-state index in [0.717, 1.165) is 32.2 Å². The molecule has 18 heavy (non-hydrogen) atoms. The van der Waals surface area contributed by atoms with Gasteiger partial charge >= 0.3 is 5.97 Å². The van der Waals surface area contributed by atoms with Crippen LogP contribution in [-0.4, -0.2) is 28.6 Å². The molecule has 0 aromatic carbocycles. The number of aromatic nitrogens is 1. The van der Waals surface area contributed by atoms with Gasteiger partial charge in [0.15, 0.2) is 0 Å². The zero-order chi connectivity index (χ0) is 13.1. The SMILES string of the molecule is CCCCN(c1cnc(N)cc1C(=O)O)C1CC1. The highest BCUT2D eigenvalue weighted by molar-refractivity contribution is 5.95. The van der Waals surface area contributed by atoms with Gasteiger partial charge in [0.05, 0.1) is 17.4 Å². The first-order valence-electron chi connectivity index (χ1n) is 6.39. The van der Waals surface area contributed by atoms with Gasteiger partial charge in [0.1, 0.15) is 5.82 Å². The van der Waals surface area contributed by atoms with Gasteiger partial charge in [0, 0.05) is 12.6 Å². The molecule has 0 radical (unpaired) electrons. The second kappa shape index (κ2) is 5.25. The molecule has 0 spiro atoms. The van der Waals surface area contributed by atoms with E-state index in [0.29, 0.717) is 11.7 Å². The summed E-state index contributed by atoms with van der Waals surface area (Å²) in [5.41, 5.74) is 6.52. The van der Waals surface area contributed by atoms with Crippen molar-refractivity contribution in [1.82, 2.24) is 4.98 Å². The van der Waals surface area contributed by atoms with Crippen LogP contribution >= 0.6 is 0 Å². The molecule has 5 heteroatoms. The minimum Gasteiger partial charge on any atom is -0.478 e. The number of unbranched alkanes of at least 4 members (excludes halogenated alkanes) is 1. The fourth-order valence-electron chi connectivity index (χ4n) is 2.08. The number of hydrogen-bond acceptors (Lipinski definition) is 4. The number of hydrogen-bond donors (Lipinski definition) is 2. The van der Waals surface area contributed by atoms with Crippen LogP contribution < -0.4 is 10.6 Å². The van der Waals surface area contributed by atoms with Crippen molar-refractivity contribution in [2.24, 2.45) is 0 Å². The van der Waals surface area contributed by atoms with Gasteiger partial charge < -0.3 is 15.7 Å². The predicted octanol–water partition coefficient (Wildman–Crippen LogP) is 2.13. The van der Waals surface area contributed by atoms with Gasteiger partial charge in [-0.3, -0.25) is 0 Å². The van der Waals surface area contributed by atoms with Crippen molar-refractivity contribution in [2.75, 3.05) is 17.2 Å². The molecule has 5 nitrogen and oxygen atoms in total. The number of nitrogen functional groups attached to an aromatic ring is 1. The Balaban J connectivity index is 2.30. The van der Waals surface area contributed by atoms with Crippen LogP contribution in [0.5, 0.6) is 0 Å². The lowest BCUT2D eigenvalue weighted by atomic mass is 10.2. The summed E-state index contributed by atoms with van der Waals surface area (Å²) in [5, 5.41) is 9.26. The van der Waals surface area contributed by atoms with Crippen molar-refractivity contribution in [3.63, 3.8) is 0 Å². The smallest absolute Gasteiger partial charge is 0.338 e. The summed E-state index contributed by atoms with van der Waals surface area (Å²) in [6.07, 6.45) is 6.00. The number of carbonyl (C=O) groups is 1. The maximum absolute atomic E-state index is 11.3. The summed E-state index contributed by atoms with van der Waals surface area (Å²) in [4.78, 5) is 17.5. The molecule has 1 aromatic heterocycles. The topological polar surface area (TPSA) is 79.5 Å². The lowest BCUT2D eigenvalue weighted by Crippen LogP contribution is -2.28. The molecule has 1 fully saturated rings. The number of carboxylic acids is 1. The highest BCUT2D eigenvalue weighted by Crippen LogP contribution is 2.34. The lowest BCUT2D eigenvalue weighted by Gasteiger charge is -2.25. The van der Waals surface area contributed by atoms with Crippen LogP contribution in [0.25, 0.3) is 0 Å². The van der Waals surface area contributed by atoms with E-state index in [4.69, 9.17) is 5.73 Å². The third-order valence-corrected chi connectivity index (χ3v) is 3.18. The monoisotopic (exact) mass is 249 g/mol. The zero-order valence-electron chi connectivity index (χ0n) is 10.6. The van der Waals surface area contributed by atoms with Gasteiger partial charge in [-0.25, -0.2) is 9.78 Å². The van der Waals surface area contributed by atoms with E-state index < -0.39 is 5.97 Å². The zero-order valence-corrected chi connectivity index (χ0v) is 10.6. The van der Waals surface area contributed by atoms with Crippen LogP contribution in [-0.2, 0) is 0 Å². The van der Waals surface area contributed by atoms with Crippen molar-refractivity contribution in [1.29, 1.82) is 0 Å². The maximum Gasteiger partial charge on any atom is 0.338 e. The van der Waals surface area contributed by atoms with Gasteiger partial charge in [-0.1, -0.05) is 13.3 Å².